The second-order valence-corrected chi connectivity index (χ2v) is 6.71. The molecule has 2 heterocycles. The van der Waals surface area contributed by atoms with E-state index in [1.165, 1.54) is 11.3 Å². The average molecular weight is 346 g/mol. The molecular weight excluding hydrogens is 334 g/mol. The van der Waals surface area contributed by atoms with Crippen molar-refractivity contribution in [2.75, 3.05) is 5.32 Å². The molecule has 0 bridgehead atoms. The van der Waals surface area contributed by atoms with E-state index in [0.29, 0.717) is 38.8 Å². The number of nitrogens with one attached hydrogen (secondary N) is 1. The molecule has 4 rings (SSSR count). The van der Waals surface area contributed by atoms with E-state index < -0.39 is 0 Å². The predicted octanol–water partition coefficient (Wildman–Crippen LogP) is 4.58. The van der Waals surface area contributed by atoms with Gasteiger partial charge in [-0.3, -0.25) is 4.79 Å². The van der Waals surface area contributed by atoms with E-state index in [1.54, 1.807) is 24.3 Å². The molecule has 0 radical (unpaired) electrons. The molecule has 0 atom stereocenters. The molecule has 5 nitrogen and oxygen atoms in total. The molecular formula is C16H12ClN3O2S. The lowest BCUT2D eigenvalue weighted by atomic mass is 10.2. The summed E-state index contributed by atoms with van der Waals surface area (Å²) >= 11 is 7.69. The molecule has 3 aromatic rings. The predicted molar refractivity (Wildman–Crippen MR) is 89.0 cm³/mol. The number of thiophene rings is 1. The molecule has 1 saturated carbocycles. The van der Waals surface area contributed by atoms with Crippen molar-refractivity contribution in [2.45, 2.75) is 18.8 Å². The van der Waals surface area contributed by atoms with Crippen LogP contribution in [0.3, 0.4) is 0 Å². The Labute approximate surface area is 141 Å². The second-order valence-electron chi connectivity index (χ2n) is 5.36. The van der Waals surface area contributed by atoms with Gasteiger partial charge in [0.1, 0.15) is 0 Å². The highest BCUT2D eigenvalue weighted by atomic mass is 35.5. The number of anilines is 1. The van der Waals surface area contributed by atoms with Crippen molar-refractivity contribution in [2.24, 2.45) is 0 Å². The number of benzene rings is 1. The van der Waals surface area contributed by atoms with Gasteiger partial charge in [0.05, 0.1) is 9.90 Å². The zero-order valence-electron chi connectivity index (χ0n) is 12.0. The van der Waals surface area contributed by atoms with Gasteiger partial charge in [-0.25, -0.2) is 0 Å². The van der Waals surface area contributed by atoms with E-state index in [4.69, 9.17) is 16.1 Å². The van der Waals surface area contributed by atoms with E-state index in [2.05, 4.69) is 15.5 Å². The fraction of sp³-hybridized carbons (Fsp3) is 0.188. The van der Waals surface area contributed by atoms with Crippen LogP contribution in [0.1, 0.15) is 34.3 Å². The number of nitrogens with zero attached hydrogens (tertiary/aromatic N) is 2. The highest BCUT2D eigenvalue weighted by molar-refractivity contribution is 7.12. The summed E-state index contributed by atoms with van der Waals surface area (Å²) in [7, 11) is 0. The smallest absolute Gasteiger partial charge is 0.265 e. The van der Waals surface area contributed by atoms with Crippen LogP contribution in [0.25, 0.3) is 11.4 Å². The quantitative estimate of drug-likeness (QED) is 0.751. The molecule has 0 aliphatic heterocycles. The summed E-state index contributed by atoms with van der Waals surface area (Å²) < 4.78 is 5.25. The van der Waals surface area contributed by atoms with Crippen LogP contribution in [0, 0.1) is 0 Å². The first-order chi connectivity index (χ1) is 11.2. The summed E-state index contributed by atoms with van der Waals surface area (Å²) in [5.41, 5.74) is 1.32. The Bertz CT molecular complexity index is 856. The van der Waals surface area contributed by atoms with Crippen LogP contribution in [0.15, 0.2) is 40.2 Å². The summed E-state index contributed by atoms with van der Waals surface area (Å²) in [6.07, 6.45) is 2.20. The Balaban J connectivity index is 1.55. The van der Waals surface area contributed by atoms with Gasteiger partial charge in [0.25, 0.3) is 5.91 Å². The highest BCUT2D eigenvalue weighted by Gasteiger charge is 2.30. The lowest BCUT2D eigenvalue weighted by Crippen LogP contribution is -2.09. The van der Waals surface area contributed by atoms with Gasteiger partial charge < -0.3 is 9.84 Å². The molecule has 1 aliphatic carbocycles. The van der Waals surface area contributed by atoms with Crippen LogP contribution in [-0.2, 0) is 0 Å². The number of halogens is 1. The van der Waals surface area contributed by atoms with Gasteiger partial charge >= 0.3 is 0 Å². The average Bonchev–Trinajstić information content (AvgIpc) is 3.04. The molecule has 0 unspecified atom stereocenters. The Morgan fingerprint density at radius 1 is 1.35 bits per heavy atom. The van der Waals surface area contributed by atoms with Crippen LogP contribution in [-0.4, -0.2) is 16.0 Å². The maximum absolute atomic E-state index is 12.0. The van der Waals surface area contributed by atoms with Gasteiger partial charge in [0.2, 0.25) is 11.7 Å². The summed E-state index contributed by atoms with van der Waals surface area (Å²) in [5.74, 6) is 1.40. The minimum atomic E-state index is -0.153. The summed E-state index contributed by atoms with van der Waals surface area (Å²) in [6.45, 7) is 0. The van der Waals surface area contributed by atoms with Crippen molar-refractivity contribution < 1.29 is 9.32 Å². The number of carbonyl (C=O) groups is 1. The zero-order chi connectivity index (χ0) is 15.8. The van der Waals surface area contributed by atoms with Gasteiger partial charge in [-0.1, -0.05) is 22.8 Å². The van der Waals surface area contributed by atoms with Gasteiger partial charge in [-0.2, -0.15) is 4.98 Å². The largest absolute Gasteiger partial charge is 0.339 e. The van der Waals surface area contributed by atoms with Crippen molar-refractivity contribution >= 4 is 34.5 Å². The number of hydrogen-bond acceptors (Lipinski definition) is 5. The van der Waals surface area contributed by atoms with Gasteiger partial charge in [0.15, 0.2) is 0 Å². The van der Waals surface area contributed by atoms with Crippen molar-refractivity contribution in [3.05, 3.63) is 51.5 Å². The minimum absolute atomic E-state index is 0.153. The second kappa shape index (κ2) is 5.79. The third kappa shape index (κ3) is 3.00. The van der Waals surface area contributed by atoms with Crippen LogP contribution in [0.2, 0.25) is 5.02 Å². The molecule has 1 fully saturated rings. The Hall–Kier alpha value is -2.18. The molecule has 0 spiro atoms. The number of hydrogen-bond donors (Lipinski definition) is 1. The molecule has 1 amide bonds. The Morgan fingerprint density at radius 3 is 2.91 bits per heavy atom. The maximum Gasteiger partial charge on any atom is 0.265 e. The minimum Gasteiger partial charge on any atom is -0.339 e. The maximum atomic E-state index is 12.0. The molecule has 7 heteroatoms. The Morgan fingerprint density at radius 2 is 2.22 bits per heavy atom. The van der Waals surface area contributed by atoms with Crippen LogP contribution < -0.4 is 5.32 Å². The number of rotatable bonds is 4. The molecule has 23 heavy (non-hydrogen) atoms. The number of amides is 1. The van der Waals surface area contributed by atoms with Crippen LogP contribution >= 0.6 is 22.9 Å². The van der Waals surface area contributed by atoms with Crippen molar-refractivity contribution in [3.8, 4) is 11.4 Å². The highest BCUT2D eigenvalue weighted by Crippen LogP contribution is 2.40. The summed E-state index contributed by atoms with van der Waals surface area (Å²) in [5, 5.41) is 9.13. The molecule has 1 aromatic carbocycles. The van der Waals surface area contributed by atoms with E-state index >= 15 is 0 Å². The van der Waals surface area contributed by atoms with Crippen molar-refractivity contribution in [1.82, 2.24) is 10.1 Å². The van der Waals surface area contributed by atoms with Gasteiger partial charge in [-0.15, -0.1) is 11.3 Å². The SMILES string of the molecule is O=C(Nc1ccc(-c2noc(C3CC3)n2)c(Cl)c1)c1cccs1. The van der Waals surface area contributed by atoms with E-state index in [0.717, 1.165) is 12.8 Å². The zero-order valence-corrected chi connectivity index (χ0v) is 13.5. The Kier molecular flexibility index (Phi) is 3.63. The number of carbonyl (C=O) groups excluding carboxylic acids is 1. The lowest BCUT2D eigenvalue weighted by Gasteiger charge is -2.06. The third-order valence-electron chi connectivity index (χ3n) is 3.58. The standard InChI is InChI=1S/C16H12ClN3O2S/c17-12-8-10(18-15(21)13-2-1-7-23-13)5-6-11(12)14-19-16(22-20-14)9-3-4-9/h1-2,5-9H,3-4H2,(H,18,21). The summed E-state index contributed by atoms with van der Waals surface area (Å²) in [4.78, 5) is 17.1. The molecule has 1 N–H and O–H groups in total. The lowest BCUT2D eigenvalue weighted by molar-refractivity contribution is 0.103. The van der Waals surface area contributed by atoms with Crippen LogP contribution in [0.4, 0.5) is 5.69 Å². The fourth-order valence-corrected chi connectivity index (χ4v) is 3.10. The van der Waals surface area contributed by atoms with Crippen LogP contribution in [0.5, 0.6) is 0 Å². The number of aromatic nitrogens is 2. The van der Waals surface area contributed by atoms with E-state index in [1.807, 2.05) is 11.4 Å². The molecule has 2 aromatic heterocycles. The monoisotopic (exact) mass is 345 g/mol. The molecule has 0 saturated heterocycles. The summed E-state index contributed by atoms with van der Waals surface area (Å²) in [6, 6.07) is 8.86. The van der Waals surface area contributed by atoms with E-state index in [-0.39, 0.29) is 5.91 Å². The molecule has 116 valence electrons. The van der Waals surface area contributed by atoms with Crippen molar-refractivity contribution in [3.63, 3.8) is 0 Å². The first-order valence-corrected chi connectivity index (χ1v) is 8.45. The first kappa shape index (κ1) is 14.4. The fourth-order valence-electron chi connectivity index (χ4n) is 2.22. The van der Waals surface area contributed by atoms with Gasteiger partial charge in [-0.05, 0) is 42.5 Å². The normalized spacial score (nSPS) is 14.0. The molecule has 1 aliphatic rings. The third-order valence-corrected chi connectivity index (χ3v) is 4.76. The topological polar surface area (TPSA) is 68.0 Å². The first-order valence-electron chi connectivity index (χ1n) is 7.19. The van der Waals surface area contributed by atoms with E-state index in [9.17, 15) is 4.79 Å². The van der Waals surface area contributed by atoms with Gasteiger partial charge in [0, 0.05) is 17.2 Å². The van der Waals surface area contributed by atoms with Crippen molar-refractivity contribution in [1.29, 1.82) is 0 Å².